The first-order valence-corrected chi connectivity index (χ1v) is 16.6. The van der Waals surface area contributed by atoms with Gasteiger partial charge in [0.25, 0.3) is 0 Å². The van der Waals surface area contributed by atoms with Crippen molar-refractivity contribution >= 4 is 35.9 Å². The third-order valence-electron chi connectivity index (χ3n) is 8.19. The molecule has 5 N–H and O–H groups in total. The number of hydrogen-bond donors (Lipinski definition) is 5. The number of rotatable bonds is 17. The maximum Gasteiger partial charge on any atom is 0.408 e. The lowest BCUT2D eigenvalue weighted by molar-refractivity contribution is -0.141. The molecule has 0 radical (unpaired) electrons. The fourth-order valence-corrected chi connectivity index (χ4v) is 5.49. The van der Waals surface area contributed by atoms with Crippen LogP contribution >= 0.6 is 0 Å². The highest BCUT2D eigenvalue weighted by atomic mass is 16.6. The normalized spacial score (nSPS) is 12.6. The molecule has 3 aromatic rings. The first kappa shape index (κ1) is 37.9. The molecule has 2 atom stereocenters. The van der Waals surface area contributed by atoms with Gasteiger partial charge in [-0.05, 0) is 54.0 Å². The van der Waals surface area contributed by atoms with Gasteiger partial charge in [-0.2, -0.15) is 0 Å². The molecule has 0 saturated heterocycles. The quantitative estimate of drug-likeness (QED) is 0.0801. The average molecular weight is 702 g/mol. The van der Waals surface area contributed by atoms with E-state index < -0.39 is 54.5 Å². The van der Waals surface area contributed by atoms with Gasteiger partial charge in [-0.15, -0.1) is 0 Å². The lowest BCUT2D eigenvalue weighted by Crippen LogP contribution is -2.53. The van der Waals surface area contributed by atoms with Gasteiger partial charge in [-0.25, -0.2) is 9.59 Å². The van der Waals surface area contributed by atoms with Crippen LogP contribution in [0.5, 0.6) is 0 Å². The molecule has 51 heavy (non-hydrogen) atoms. The van der Waals surface area contributed by atoms with Gasteiger partial charge in [0.1, 0.15) is 31.8 Å². The second-order valence-corrected chi connectivity index (χ2v) is 11.8. The number of amides is 5. The molecule has 14 nitrogen and oxygen atoms in total. The summed E-state index contributed by atoms with van der Waals surface area (Å²) in [6, 6.07) is 22.9. The third-order valence-corrected chi connectivity index (χ3v) is 8.19. The van der Waals surface area contributed by atoms with Crippen molar-refractivity contribution in [3.05, 3.63) is 95.6 Å². The van der Waals surface area contributed by atoms with E-state index in [9.17, 15) is 28.8 Å². The van der Waals surface area contributed by atoms with Crippen molar-refractivity contribution in [2.24, 2.45) is 0 Å². The second-order valence-electron chi connectivity index (χ2n) is 11.8. The molecule has 0 bridgehead atoms. The van der Waals surface area contributed by atoms with E-state index >= 15 is 0 Å². The Morgan fingerprint density at radius 1 is 0.686 bits per heavy atom. The Labute approximate surface area is 296 Å². The zero-order chi connectivity index (χ0) is 36.6. The monoisotopic (exact) mass is 701 g/mol. The van der Waals surface area contributed by atoms with E-state index in [1.165, 1.54) is 14.0 Å². The molecule has 5 amide bonds. The average Bonchev–Trinajstić information content (AvgIpc) is 3.47. The van der Waals surface area contributed by atoms with Crippen molar-refractivity contribution in [1.82, 2.24) is 26.6 Å². The Morgan fingerprint density at radius 3 is 2.00 bits per heavy atom. The van der Waals surface area contributed by atoms with Gasteiger partial charge in [-0.3, -0.25) is 19.2 Å². The summed E-state index contributed by atoms with van der Waals surface area (Å²) in [6.07, 6.45) is -0.517. The van der Waals surface area contributed by atoms with Crippen molar-refractivity contribution in [2.45, 2.75) is 50.8 Å². The fourth-order valence-electron chi connectivity index (χ4n) is 5.49. The first-order valence-electron chi connectivity index (χ1n) is 16.6. The number of carbonyl (C=O) groups excluding carboxylic acids is 6. The zero-order valence-corrected chi connectivity index (χ0v) is 28.6. The number of carbonyl (C=O) groups is 6. The number of nitrogens with one attached hydrogen (secondary N) is 5. The highest BCUT2D eigenvalue weighted by Crippen LogP contribution is 2.44. The van der Waals surface area contributed by atoms with E-state index in [-0.39, 0.29) is 38.6 Å². The lowest BCUT2D eigenvalue weighted by Gasteiger charge is -2.21. The second kappa shape index (κ2) is 19.3. The summed E-state index contributed by atoms with van der Waals surface area (Å²) in [4.78, 5) is 74.2. The summed E-state index contributed by atoms with van der Waals surface area (Å²) in [5.74, 6) is -2.46. The maximum absolute atomic E-state index is 12.8. The van der Waals surface area contributed by atoms with Gasteiger partial charge < -0.3 is 40.8 Å². The highest BCUT2D eigenvalue weighted by Gasteiger charge is 2.29. The van der Waals surface area contributed by atoms with Crippen LogP contribution in [0.25, 0.3) is 11.1 Å². The molecule has 3 aromatic carbocycles. The molecule has 1 aliphatic carbocycles. The Bertz CT molecular complexity index is 1640. The number of methoxy groups -OCH3 is 1. The van der Waals surface area contributed by atoms with Crippen molar-refractivity contribution < 1.29 is 43.0 Å². The zero-order valence-electron chi connectivity index (χ0n) is 28.6. The summed E-state index contributed by atoms with van der Waals surface area (Å²) >= 11 is 0. The molecular formula is C37H43N5O9. The Kier molecular flexibility index (Phi) is 14.4. The van der Waals surface area contributed by atoms with Crippen LogP contribution in [0.3, 0.4) is 0 Å². The number of ether oxygens (including phenoxy) is 3. The van der Waals surface area contributed by atoms with Gasteiger partial charge in [-0.1, -0.05) is 78.9 Å². The maximum atomic E-state index is 12.8. The van der Waals surface area contributed by atoms with Crippen molar-refractivity contribution in [2.75, 3.05) is 33.4 Å². The number of alkyl carbamates (subject to hydrolysis) is 2. The first-order chi connectivity index (χ1) is 24.7. The smallest absolute Gasteiger partial charge is 0.408 e. The van der Waals surface area contributed by atoms with Gasteiger partial charge in [0, 0.05) is 12.5 Å². The van der Waals surface area contributed by atoms with Crippen LogP contribution in [0.15, 0.2) is 78.9 Å². The Balaban J connectivity index is 1.16. The molecule has 0 fully saturated rings. The van der Waals surface area contributed by atoms with Crippen LogP contribution in [-0.2, 0) is 40.0 Å². The molecular weight excluding hydrogens is 658 g/mol. The largest absolute Gasteiger partial charge is 0.468 e. The summed E-state index contributed by atoms with van der Waals surface area (Å²) in [6.45, 7) is 1.13. The van der Waals surface area contributed by atoms with Gasteiger partial charge >= 0.3 is 18.2 Å². The molecule has 0 saturated carbocycles. The molecule has 0 unspecified atom stereocenters. The van der Waals surface area contributed by atoms with Crippen LogP contribution in [0.1, 0.15) is 48.8 Å². The SMILES string of the molecule is COC(=O)CNC(=O)[C@H](CCCCNC(=O)CNC(=O)OCC1c2ccccc2-c2ccccc21)NC(=O)[C@H](C)NC(=O)OCc1ccccc1. The lowest BCUT2D eigenvalue weighted by atomic mass is 9.98. The number of hydrogen-bond acceptors (Lipinski definition) is 9. The minimum Gasteiger partial charge on any atom is -0.468 e. The minimum atomic E-state index is -1.04. The van der Waals surface area contributed by atoms with Gasteiger partial charge in [0.05, 0.1) is 13.7 Å². The van der Waals surface area contributed by atoms with Crippen LogP contribution in [0.2, 0.25) is 0 Å². The number of fused-ring (bicyclic) bond motifs is 3. The van der Waals surface area contributed by atoms with Crippen molar-refractivity contribution in [3.63, 3.8) is 0 Å². The molecule has 0 aromatic heterocycles. The van der Waals surface area contributed by atoms with Crippen LogP contribution < -0.4 is 26.6 Å². The molecule has 0 aliphatic heterocycles. The van der Waals surface area contributed by atoms with E-state index in [0.29, 0.717) is 12.8 Å². The molecule has 14 heteroatoms. The topological polar surface area (TPSA) is 190 Å². The van der Waals surface area contributed by atoms with E-state index in [1.54, 1.807) is 24.3 Å². The van der Waals surface area contributed by atoms with Gasteiger partial charge in [0.2, 0.25) is 17.7 Å². The van der Waals surface area contributed by atoms with E-state index in [2.05, 4.69) is 31.3 Å². The predicted molar refractivity (Wildman–Crippen MR) is 186 cm³/mol. The Morgan fingerprint density at radius 2 is 1.33 bits per heavy atom. The summed E-state index contributed by atoms with van der Waals surface area (Å²) in [7, 11) is 1.18. The molecule has 0 heterocycles. The number of benzene rings is 3. The van der Waals surface area contributed by atoms with Crippen LogP contribution in [0.4, 0.5) is 9.59 Å². The predicted octanol–water partition coefficient (Wildman–Crippen LogP) is 2.90. The van der Waals surface area contributed by atoms with E-state index in [1.807, 2.05) is 54.6 Å². The van der Waals surface area contributed by atoms with Crippen LogP contribution in [0, 0.1) is 0 Å². The van der Waals surface area contributed by atoms with E-state index in [4.69, 9.17) is 9.47 Å². The third kappa shape index (κ3) is 11.6. The summed E-state index contributed by atoms with van der Waals surface area (Å²) in [5, 5.41) is 12.6. The summed E-state index contributed by atoms with van der Waals surface area (Å²) < 4.78 is 15.2. The number of unbranched alkanes of at least 4 members (excludes halogenated alkanes) is 1. The minimum absolute atomic E-state index is 0.0155. The summed E-state index contributed by atoms with van der Waals surface area (Å²) in [5.41, 5.74) is 5.16. The standard InChI is InChI=1S/C37H43N5O9/c1-24(41-37(48)50-22-25-12-4-3-5-13-25)34(45)42-31(35(46)39-21-33(44)49-2)18-10-11-19-38-32(43)20-40-36(47)51-23-30-28-16-8-6-14-26(28)27-15-7-9-17-29(27)30/h3-9,12-17,24,30-31H,10-11,18-23H2,1-2H3,(H,38,43)(H,39,46)(H,40,47)(H,41,48)(H,42,45)/t24-,31-/m0/s1. The van der Waals surface area contributed by atoms with Crippen molar-refractivity contribution in [3.8, 4) is 11.1 Å². The van der Waals surface area contributed by atoms with E-state index in [0.717, 1.165) is 27.8 Å². The molecule has 4 rings (SSSR count). The van der Waals surface area contributed by atoms with Crippen molar-refractivity contribution in [1.29, 1.82) is 0 Å². The highest BCUT2D eigenvalue weighted by molar-refractivity contribution is 5.92. The molecule has 0 spiro atoms. The number of esters is 1. The molecule has 1 aliphatic rings. The Hall–Kier alpha value is -5.92. The fraction of sp³-hybridized carbons (Fsp3) is 0.351. The van der Waals surface area contributed by atoms with Crippen LogP contribution in [-0.4, -0.2) is 81.3 Å². The molecule has 270 valence electrons. The van der Waals surface area contributed by atoms with Gasteiger partial charge in [0.15, 0.2) is 0 Å².